The van der Waals surface area contributed by atoms with Crippen LogP contribution in [0.15, 0.2) is 180 Å². The van der Waals surface area contributed by atoms with Crippen molar-refractivity contribution in [2.45, 2.75) is 0 Å². The molecule has 50 heavy (non-hydrogen) atoms. The lowest BCUT2D eigenvalue weighted by Crippen LogP contribution is -1.94. The van der Waals surface area contributed by atoms with Gasteiger partial charge < -0.3 is 8.98 Å². The molecule has 0 aliphatic rings. The van der Waals surface area contributed by atoms with Crippen molar-refractivity contribution in [2.75, 3.05) is 0 Å². The Morgan fingerprint density at radius 2 is 0.960 bits per heavy atom. The molecule has 7 aromatic carbocycles. The van der Waals surface area contributed by atoms with Crippen molar-refractivity contribution in [3.63, 3.8) is 0 Å². The van der Waals surface area contributed by atoms with Crippen LogP contribution in [0.5, 0.6) is 0 Å². The number of benzene rings is 7. The fourth-order valence-electron chi connectivity index (χ4n) is 7.20. The van der Waals surface area contributed by atoms with Gasteiger partial charge in [-0.3, -0.25) is 0 Å². The van der Waals surface area contributed by atoms with Gasteiger partial charge in [-0.15, -0.1) is 0 Å². The third kappa shape index (κ3) is 4.61. The van der Waals surface area contributed by atoms with Crippen molar-refractivity contribution in [3.8, 4) is 50.6 Å². The summed E-state index contributed by atoms with van der Waals surface area (Å²) in [6, 6.07) is 61.6. The summed E-state index contributed by atoms with van der Waals surface area (Å²) in [4.78, 5) is 10.1. The van der Waals surface area contributed by atoms with E-state index in [1.165, 1.54) is 32.9 Å². The lowest BCUT2D eigenvalue weighted by atomic mass is 10.0. The van der Waals surface area contributed by atoms with E-state index in [1.807, 2.05) is 48.5 Å². The Hall–Kier alpha value is -6.78. The Morgan fingerprint density at radius 3 is 1.70 bits per heavy atom. The maximum atomic E-state index is 6.48. The summed E-state index contributed by atoms with van der Waals surface area (Å²) < 4.78 is 8.84. The van der Waals surface area contributed by atoms with Crippen LogP contribution in [0.4, 0.5) is 0 Å². The van der Waals surface area contributed by atoms with Gasteiger partial charge in [-0.25, -0.2) is 9.97 Å². The van der Waals surface area contributed by atoms with Crippen LogP contribution in [-0.4, -0.2) is 14.5 Å². The average Bonchev–Trinajstić information content (AvgIpc) is 3.73. The van der Waals surface area contributed by atoms with Gasteiger partial charge in [-0.1, -0.05) is 133 Å². The standard InChI is InChI=1S/C46H29N3O/c1-4-12-30(13-5-1)34-22-26-41-38(28-34)37-18-10-11-19-40(37)49(41)36-24-20-31(21-25-36)35-23-27-42-39(29-35)44-45(50-42)43(32-14-6-2-7-15-32)47-46(48-44)33-16-8-3-9-17-33/h1-29H. The molecule has 3 aromatic heterocycles. The molecular formula is C46H29N3O. The van der Waals surface area contributed by atoms with E-state index in [9.17, 15) is 0 Å². The van der Waals surface area contributed by atoms with E-state index >= 15 is 0 Å². The highest BCUT2D eigenvalue weighted by molar-refractivity contribution is 6.11. The molecule has 0 fully saturated rings. The normalized spacial score (nSPS) is 11.6. The monoisotopic (exact) mass is 639 g/mol. The fourth-order valence-corrected chi connectivity index (χ4v) is 7.20. The summed E-state index contributed by atoms with van der Waals surface area (Å²) in [5.74, 6) is 0.677. The highest BCUT2D eigenvalue weighted by Gasteiger charge is 2.19. The molecule has 0 unspecified atom stereocenters. The van der Waals surface area contributed by atoms with E-state index in [1.54, 1.807) is 0 Å². The van der Waals surface area contributed by atoms with Gasteiger partial charge >= 0.3 is 0 Å². The Kier molecular flexibility index (Phi) is 6.46. The van der Waals surface area contributed by atoms with Crippen molar-refractivity contribution in [1.29, 1.82) is 0 Å². The van der Waals surface area contributed by atoms with Gasteiger partial charge in [0.2, 0.25) is 0 Å². The zero-order valence-corrected chi connectivity index (χ0v) is 27.0. The van der Waals surface area contributed by atoms with Gasteiger partial charge in [-0.2, -0.15) is 0 Å². The average molecular weight is 640 g/mol. The van der Waals surface area contributed by atoms with Gasteiger partial charge in [0.25, 0.3) is 0 Å². The quantitative estimate of drug-likeness (QED) is 0.188. The molecule has 3 heterocycles. The minimum atomic E-state index is 0.677. The van der Waals surface area contributed by atoms with Crippen molar-refractivity contribution < 1.29 is 4.42 Å². The highest BCUT2D eigenvalue weighted by atomic mass is 16.3. The minimum absolute atomic E-state index is 0.677. The van der Waals surface area contributed by atoms with Crippen LogP contribution in [0.3, 0.4) is 0 Å². The van der Waals surface area contributed by atoms with Crippen molar-refractivity contribution in [2.24, 2.45) is 0 Å². The first-order valence-electron chi connectivity index (χ1n) is 16.8. The number of fused-ring (bicyclic) bond motifs is 6. The smallest absolute Gasteiger partial charge is 0.180 e. The van der Waals surface area contributed by atoms with Gasteiger partial charge in [0.05, 0.1) is 11.0 Å². The maximum Gasteiger partial charge on any atom is 0.180 e. The van der Waals surface area contributed by atoms with Crippen LogP contribution in [0, 0.1) is 0 Å². The third-order valence-corrected chi connectivity index (χ3v) is 9.63. The SMILES string of the molecule is c1ccc(-c2ccc3c(c2)c2ccccc2n3-c2ccc(-c3ccc4oc5c(-c6ccccc6)nc(-c6ccccc6)nc5c4c3)cc2)cc1. The van der Waals surface area contributed by atoms with E-state index in [4.69, 9.17) is 14.4 Å². The molecule has 0 radical (unpaired) electrons. The minimum Gasteiger partial charge on any atom is -0.452 e. The van der Waals surface area contributed by atoms with Crippen LogP contribution in [0.25, 0.3) is 94.5 Å². The maximum absolute atomic E-state index is 6.48. The summed E-state index contributed by atoms with van der Waals surface area (Å²) in [5.41, 5.74) is 13.2. The Bertz CT molecular complexity index is 2840. The predicted octanol–water partition coefficient (Wildman–Crippen LogP) is 12.1. The Labute approximate surface area is 288 Å². The Morgan fingerprint density at radius 1 is 0.400 bits per heavy atom. The zero-order valence-electron chi connectivity index (χ0n) is 27.0. The molecule has 4 heteroatoms. The molecule has 0 saturated heterocycles. The van der Waals surface area contributed by atoms with Crippen LogP contribution in [0.1, 0.15) is 0 Å². The second-order valence-corrected chi connectivity index (χ2v) is 12.6. The number of nitrogens with zero attached hydrogens (tertiary/aromatic N) is 3. The molecule has 0 atom stereocenters. The predicted molar refractivity (Wildman–Crippen MR) is 205 cm³/mol. The van der Waals surface area contributed by atoms with Gasteiger partial charge in [0, 0.05) is 33.0 Å². The van der Waals surface area contributed by atoms with Gasteiger partial charge in [-0.05, 0) is 64.7 Å². The summed E-state index contributed by atoms with van der Waals surface area (Å²) in [6.45, 7) is 0. The molecule has 0 amide bonds. The van der Waals surface area contributed by atoms with E-state index in [0.29, 0.717) is 11.4 Å². The number of para-hydroxylation sites is 1. The molecule has 0 bridgehead atoms. The summed E-state index contributed by atoms with van der Waals surface area (Å²) in [5, 5.41) is 3.46. The first-order valence-corrected chi connectivity index (χ1v) is 16.8. The molecule has 4 nitrogen and oxygen atoms in total. The molecule has 0 aliphatic heterocycles. The third-order valence-electron chi connectivity index (χ3n) is 9.63. The molecule has 234 valence electrons. The van der Waals surface area contributed by atoms with Gasteiger partial charge in [0.1, 0.15) is 16.8 Å². The number of hydrogen-bond donors (Lipinski definition) is 0. The molecular weight excluding hydrogens is 611 g/mol. The van der Waals surface area contributed by atoms with Crippen LogP contribution in [-0.2, 0) is 0 Å². The lowest BCUT2D eigenvalue weighted by molar-refractivity contribution is 0.667. The molecule has 0 spiro atoms. The second-order valence-electron chi connectivity index (χ2n) is 12.6. The summed E-state index contributed by atoms with van der Waals surface area (Å²) in [6.07, 6.45) is 0. The second kappa shape index (κ2) is 11.4. The summed E-state index contributed by atoms with van der Waals surface area (Å²) >= 11 is 0. The molecule has 10 rings (SSSR count). The first kappa shape index (κ1) is 28.3. The highest BCUT2D eigenvalue weighted by Crippen LogP contribution is 2.39. The number of furan rings is 1. The van der Waals surface area contributed by atoms with Crippen molar-refractivity contribution in [3.05, 3.63) is 176 Å². The van der Waals surface area contributed by atoms with Gasteiger partial charge in [0.15, 0.2) is 11.4 Å². The number of aromatic nitrogens is 3. The molecule has 0 saturated carbocycles. The Balaban J connectivity index is 1.09. The van der Waals surface area contributed by atoms with E-state index in [-0.39, 0.29) is 0 Å². The fraction of sp³-hybridized carbons (Fsp3) is 0. The molecule has 10 aromatic rings. The number of rotatable bonds is 5. The van der Waals surface area contributed by atoms with E-state index < -0.39 is 0 Å². The van der Waals surface area contributed by atoms with Crippen LogP contribution >= 0.6 is 0 Å². The number of hydrogen-bond acceptors (Lipinski definition) is 3. The van der Waals surface area contributed by atoms with E-state index in [2.05, 4.69) is 132 Å². The topological polar surface area (TPSA) is 43.9 Å². The first-order chi connectivity index (χ1) is 24.8. The van der Waals surface area contributed by atoms with Crippen LogP contribution in [0.2, 0.25) is 0 Å². The largest absolute Gasteiger partial charge is 0.452 e. The van der Waals surface area contributed by atoms with Crippen molar-refractivity contribution in [1.82, 2.24) is 14.5 Å². The van der Waals surface area contributed by atoms with Crippen molar-refractivity contribution >= 4 is 43.9 Å². The molecule has 0 aliphatic carbocycles. The van der Waals surface area contributed by atoms with Crippen LogP contribution < -0.4 is 0 Å². The zero-order chi connectivity index (χ0) is 33.0. The lowest BCUT2D eigenvalue weighted by Gasteiger charge is -2.10. The van der Waals surface area contributed by atoms with E-state index in [0.717, 1.165) is 50.1 Å². The molecule has 0 N–H and O–H groups in total. The summed E-state index contributed by atoms with van der Waals surface area (Å²) in [7, 11) is 0.